The van der Waals surface area contributed by atoms with Gasteiger partial charge in [-0.2, -0.15) is 0 Å². The van der Waals surface area contributed by atoms with Crippen LogP contribution in [0, 0.1) is 0 Å². The second-order valence-electron chi connectivity index (χ2n) is 5.85. The number of carbonyl (C=O) groups is 2. The van der Waals surface area contributed by atoms with E-state index >= 15 is 0 Å². The lowest BCUT2D eigenvalue weighted by atomic mass is 10.2. The van der Waals surface area contributed by atoms with E-state index in [4.69, 9.17) is 9.15 Å². The normalized spacial score (nSPS) is 10.3. The monoisotopic (exact) mass is 364 g/mol. The van der Waals surface area contributed by atoms with E-state index in [2.05, 4.69) is 17.6 Å². The van der Waals surface area contributed by atoms with Gasteiger partial charge in [-0.25, -0.2) is 0 Å². The molecule has 27 heavy (non-hydrogen) atoms. The molecule has 2 N–H and O–H groups in total. The average molecular weight is 364 g/mol. The summed E-state index contributed by atoms with van der Waals surface area (Å²) in [5.41, 5.74) is 2.31. The van der Waals surface area contributed by atoms with Gasteiger partial charge in [0.25, 0.3) is 11.8 Å². The molecular formula is C21H20N2O4. The Morgan fingerprint density at radius 2 is 1.70 bits per heavy atom. The predicted molar refractivity (Wildman–Crippen MR) is 103 cm³/mol. The number of amides is 2. The lowest BCUT2D eigenvalue weighted by Gasteiger charge is -2.09. The van der Waals surface area contributed by atoms with E-state index < -0.39 is 0 Å². The zero-order valence-electron chi connectivity index (χ0n) is 14.9. The maximum Gasteiger partial charge on any atom is 0.291 e. The van der Waals surface area contributed by atoms with Crippen LogP contribution in [0.5, 0.6) is 5.75 Å². The van der Waals surface area contributed by atoms with Gasteiger partial charge in [-0.05, 0) is 54.4 Å². The summed E-state index contributed by atoms with van der Waals surface area (Å²) in [5.74, 6) is 0.208. The Labute approximate surface area is 157 Å². The molecule has 0 radical (unpaired) electrons. The Bertz CT molecular complexity index is 902. The summed E-state index contributed by atoms with van der Waals surface area (Å²) in [4.78, 5) is 24.1. The Balaban J connectivity index is 1.53. The van der Waals surface area contributed by atoms with Crippen molar-refractivity contribution < 1.29 is 18.7 Å². The summed E-state index contributed by atoms with van der Waals surface area (Å²) in [5, 5.41) is 5.46. The molecule has 0 bridgehead atoms. The number of rotatable bonds is 7. The third kappa shape index (κ3) is 5.22. The molecule has 0 saturated carbocycles. The third-order valence-corrected chi connectivity index (χ3v) is 3.85. The lowest BCUT2D eigenvalue weighted by Crippen LogP contribution is -2.20. The number of carbonyl (C=O) groups excluding carboxylic acids is 2. The highest BCUT2D eigenvalue weighted by atomic mass is 16.5. The third-order valence-electron chi connectivity index (χ3n) is 3.85. The zero-order chi connectivity index (χ0) is 19.1. The van der Waals surface area contributed by atoms with Gasteiger partial charge in [-0.1, -0.05) is 25.1 Å². The van der Waals surface area contributed by atoms with Crippen LogP contribution in [-0.2, 0) is 11.2 Å². The first-order chi connectivity index (χ1) is 13.1. The van der Waals surface area contributed by atoms with Crippen LogP contribution < -0.4 is 15.4 Å². The molecule has 0 aliphatic heterocycles. The molecule has 0 saturated heterocycles. The summed E-state index contributed by atoms with van der Waals surface area (Å²) < 4.78 is 10.5. The van der Waals surface area contributed by atoms with Crippen LogP contribution in [0.2, 0.25) is 0 Å². The van der Waals surface area contributed by atoms with Gasteiger partial charge in [-0.15, -0.1) is 0 Å². The number of ether oxygens (including phenoxy) is 1. The number of benzene rings is 2. The van der Waals surface area contributed by atoms with Crippen molar-refractivity contribution in [3.8, 4) is 5.75 Å². The molecule has 0 aliphatic carbocycles. The topological polar surface area (TPSA) is 80.6 Å². The smallest absolute Gasteiger partial charge is 0.291 e. The lowest BCUT2D eigenvalue weighted by molar-refractivity contribution is -0.118. The fraction of sp³-hybridized carbons (Fsp3) is 0.143. The first-order valence-corrected chi connectivity index (χ1v) is 8.60. The molecule has 2 amide bonds. The first kappa shape index (κ1) is 18.3. The molecule has 0 unspecified atom stereocenters. The van der Waals surface area contributed by atoms with E-state index in [1.165, 1.54) is 11.8 Å². The van der Waals surface area contributed by atoms with E-state index in [1.54, 1.807) is 36.4 Å². The van der Waals surface area contributed by atoms with Crippen molar-refractivity contribution in [2.45, 2.75) is 13.3 Å². The minimum absolute atomic E-state index is 0.103. The van der Waals surface area contributed by atoms with Gasteiger partial charge in [-0.3, -0.25) is 9.59 Å². The number of hydrogen-bond donors (Lipinski definition) is 2. The van der Waals surface area contributed by atoms with E-state index in [0.717, 1.165) is 6.42 Å². The fourth-order valence-corrected chi connectivity index (χ4v) is 2.44. The van der Waals surface area contributed by atoms with Crippen LogP contribution in [0.1, 0.15) is 23.0 Å². The molecule has 1 aromatic heterocycles. The van der Waals surface area contributed by atoms with E-state index in [-0.39, 0.29) is 24.2 Å². The van der Waals surface area contributed by atoms with Gasteiger partial charge in [0.15, 0.2) is 12.4 Å². The van der Waals surface area contributed by atoms with Crippen molar-refractivity contribution >= 4 is 23.2 Å². The van der Waals surface area contributed by atoms with Crippen molar-refractivity contribution in [2.75, 3.05) is 17.2 Å². The molecule has 6 nitrogen and oxygen atoms in total. The number of aryl methyl sites for hydroxylation is 1. The molecule has 0 spiro atoms. The largest absolute Gasteiger partial charge is 0.484 e. The van der Waals surface area contributed by atoms with Crippen molar-refractivity contribution in [1.29, 1.82) is 0 Å². The minimum atomic E-state index is -0.359. The average Bonchev–Trinajstić information content (AvgIpc) is 3.22. The number of furan rings is 1. The van der Waals surface area contributed by atoms with Crippen LogP contribution in [0.15, 0.2) is 71.3 Å². The molecule has 3 rings (SSSR count). The quantitative estimate of drug-likeness (QED) is 0.661. The fourth-order valence-electron chi connectivity index (χ4n) is 2.44. The standard InChI is InChI=1S/C21H20N2O4/c1-2-15-8-10-18(11-9-15)27-14-20(24)22-16-5-3-6-17(13-16)23-21(25)19-7-4-12-26-19/h3-13H,2,14H2,1H3,(H,22,24)(H,23,25). The number of anilines is 2. The van der Waals surface area contributed by atoms with Crippen LogP contribution in [-0.4, -0.2) is 18.4 Å². The van der Waals surface area contributed by atoms with Crippen molar-refractivity contribution in [3.05, 3.63) is 78.3 Å². The van der Waals surface area contributed by atoms with Gasteiger partial charge in [0, 0.05) is 11.4 Å². The highest BCUT2D eigenvalue weighted by molar-refractivity contribution is 6.02. The minimum Gasteiger partial charge on any atom is -0.484 e. The predicted octanol–water partition coefficient (Wildman–Crippen LogP) is 4.11. The Morgan fingerprint density at radius 1 is 0.963 bits per heavy atom. The van der Waals surface area contributed by atoms with E-state index in [9.17, 15) is 9.59 Å². The van der Waals surface area contributed by atoms with Gasteiger partial charge >= 0.3 is 0 Å². The van der Waals surface area contributed by atoms with Crippen LogP contribution >= 0.6 is 0 Å². The molecule has 0 aliphatic rings. The van der Waals surface area contributed by atoms with Gasteiger partial charge < -0.3 is 19.8 Å². The summed E-state index contributed by atoms with van der Waals surface area (Å²) >= 11 is 0. The van der Waals surface area contributed by atoms with Crippen LogP contribution in [0.3, 0.4) is 0 Å². The molecule has 3 aromatic rings. The molecule has 6 heteroatoms. The summed E-state index contributed by atoms with van der Waals surface area (Å²) in [6.45, 7) is 1.98. The maximum absolute atomic E-state index is 12.1. The second kappa shape index (κ2) is 8.71. The van der Waals surface area contributed by atoms with E-state index in [1.807, 2.05) is 24.3 Å². The number of nitrogens with one attached hydrogen (secondary N) is 2. The molecule has 1 heterocycles. The highest BCUT2D eigenvalue weighted by Crippen LogP contribution is 2.17. The maximum atomic E-state index is 12.1. The van der Waals surface area contributed by atoms with Crippen molar-refractivity contribution in [3.63, 3.8) is 0 Å². The Kier molecular flexibility index (Phi) is 5.89. The SMILES string of the molecule is CCc1ccc(OCC(=O)Nc2cccc(NC(=O)c3ccco3)c2)cc1. The molecular weight excluding hydrogens is 344 g/mol. The summed E-state index contributed by atoms with van der Waals surface area (Å²) in [6.07, 6.45) is 2.38. The summed E-state index contributed by atoms with van der Waals surface area (Å²) in [7, 11) is 0. The zero-order valence-corrected chi connectivity index (χ0v) is 14.9. The van der Waals surface area contributed by atoms with Crippen molar-refractivity contribution in [1.82, 2.24) is 0 Å². The van der Waals surface area contributed by atoms with Gasteiger partial charge in [0.2, 0.25) is 0 Å². The Hall–Kier alpha value is -3.54. The molecule has 0 atom stereocenters. The molecule has 0 fully saturated rings. The van der Waals surface area contributed by atoms with Crippen molar-refractivity contribution in [2.24, 2.45) is 0 Å². The summed E-state index contributed by atoms with van der Waals surface area (Å²) in [6, 6.07) is 17.7. The van der Waals surface area contributed by atoms with Gasteiger partial charge in [0.05, 0.1) is 6.26 Å². The molecule has 2 aromatic carbocycles. The second-order valence-corrected chi connectivity index (χ2v) is 5.85. The highest BCUT2D eigenvalue weighted by Gasteiger charge is 2.10. The number of hydrogen-bond acceptors (Lipinski definition) is 4. The first-order valence-electron chi connectivity index (χ1n) is 8.60. The van der Waals surface area contributed by atoms with E-state index in [0.29, 0.717) is 17.1 Å². The van der Waals surface area contributed by atoms with Gasteiger partial charge in [0.1, 0.15) is 5.75 Å². The molecule has 138 valence electrons. The van der Waals surface area contributed by atoms with Crippen LogP contribution in [0.4, 0.5) is 11.4 Å². The van der Waals surface area contributed by atoms with Crippen LogP contribution in [0.25, 0.3) is 0 Å². The Morgan fingerprint density at radius 3 is 2.37 bits per heavy atom.